The molecule has 0 saturated heterocycles. The van der Waals surface area contributed by atoms with Gasteiger partial charge >= 0.3 is 0 Å². The van der Waals surface area contributed by atoms with Crippen molar-refractivity contribution < 1.29 is 4.79 Å². The standard InChI is InChI=1S/C20H24O/c1-15(2)20(16(3)4,18-13-9-6-10-14-18)19(21)17-11-7-5-8-12-17/h5-16H,1-4H3. The molecule has 0 heterocycles. The van der Waals surface area contributed by atoms with Gasteiger partial charge in [-0.15, -0.1) is 0 Å². The van der Waals surface area contributed by atoms with Gasteiger partial charge in [0.15, 0.2) is 5.78 Å². The molecule has 0 atom stereocenters. The molecule has 0 spiro atoms. The summed E-state index contributed by atoms with van der Waals surface area (Å²) < 4.78 is 0. The largest absolute Gasteiger partial charge is 0.293 e. The predicted octanol–water partition coefficient (Wildman–Crippen LogP) is 5.12. The van der Waals surface area contributed by atoms with Gasteiger partial charge in [0.25, 0.3) is 0 Å². The zero-order valence-corrected chi connectivity index (χ0v) is 13.3. The van der Waals surface area contributed by atoms with Crippen molar-refractivity contribution >= 4 is 5.78 Å². The van der Waals surface area contributed by atoms with Crippen LogP contribution in [0.2, 0.25) is 0 Å². The number of rotatable bonds is 5. The second kappa shape index (κ2) is 6.26. The maximum Gasteiger partial charge on any atom is 0.173 e. The van der Waals surface area contributed by atoms with Crippen LogP contribution in [0.4, 0.5) is 0 Å². The fourth-order valence-electron chi connectivity index (χ4n) is 3.53. The second-order valence-corrected chi connectivity index (χ2v) is 6.24. The molecular weight excluding hydrogens is 256 g/mol. The van der Waals surface area contributed by atoms with E-state index in [4.69, 9.17) is 0 Å². The molecular formula is C20H24O. The molecule has 0 aliphatic rings. The van der Waals surface area contributed by atoms with Crippen LogP contribution in [0, 0.1) is 11.8 Å². The summed E-state index contributed by atoms with van der Waals surface area (Å²) in [5, 5.41) is 0. The van der Waals surface area contributed by atoms with Crippen LogP contribution >= 0.6 is 0 Å². The van der Waals surface area contributed by atoms with Gasteiger partial charge in [0, 0.05) is 5.56 Å². The first-order valence-electron chi connectivity index (χ1n) is 7.66. The van der Waals surface area contributed by atoms with Crippen LogP contribution in [0.5, 0.6) is 0 Å². The lowest BCUT2D eigenvalue weighted by molar-refractivity contribution is 0.0765. The first-order chi connectivity index (χ1) is 10.0. The molecule has 0 bridgehead atoms. The van der Waals surface area contributed by atoms with E-state index in [9.17, 15) is 4.79 Å². The molecule has 2 aromatic rings. The molecule has 0 fully saturated rings. The Morgan fingerprint density at radius 2 is 1.19 bits per heavy atom. The monoisotopic (exact) mass is 280 g/mol. The molecule has 1 heteroatoms. The van der Waals surface area contributed by atoms with Gasteiger partial charge in [-0.25, -0.2) is 0 Å². The molecule has 0 aliphatic heterocycles. The summed E-state index contributed by atoms with van der Waals surface area (Å²) in [6.45, 7) is 8.59. The van der Waals surface area contributed by atoms with Crippen LogP contribution in [0.3, 0.4) is 0 Å². The smallest absolute Gasteiger partial charge is 0.173 e. The van der Waals surface area contributed by atoms with E-state index in [0.717, 1.165) is 11.1 Å². The third-order valence-corrected chi connectivity index (χ3v) is 4.48. The topological polar surface area (TPSA) is 17.1 Å². The highest BCUT2D eigenvalue weighted by molar-refractivity contribution is 6.04. The summed E-state index contributed by atoms with van der Waals surface area (Å²) in [4.78, 5) is 13.4. The van der Waals surface area contributed by atoms with Crippen LogP contribution in [-0.2, 0) is 5.41 Å². The van der Waals surface area contributed by atoms with Crippen molar-refractivity contribution in [3.8, 4) is 0 Å². The van der Waals surface area contributed by atoms with E-state index in [1.807, 2.05) is 48.5 Å². The molecule has 110 valence electrons. The Kier molecular flexibility index (Phi) is 4.62. The van der Waals surface area contributed by atoms with Gasteiger partial charge in [0.2, 0.25) is 0 Å². The number of benzene rings is 2. The first kappa shape index (κ1) is 15.5. The second-order valence-electron chi connectivity index (χ2n) is 6.24. The molecule has 0 N–H and O–H groups in total. The van der Waals surface area contributed by atoms with E-state index < -0.39 is 5.41 Å². The summed E-state index contributed by atoms with van der Waals surface area (Å²) in [5.74, 6) is 0.680. The van der Waals surface area contributed by atoms with Crippen LogP contribution in [0.1, 0.15) is 43.6 Å². The Bertz CT molecular complexity index is 574. The van der Waals surface area contributed by atoms with Crippen LogP contribution in [0.15, 0.2) is 60.7 Å². The van der Waals surface area contributed by atoms with Crippen molar-refractivity contribution in [1.82, 2.24) is 0 Å². The van der Waals surface area contributed by atoms with E-state index in [1.165, 1.54) is 0 Å². The molecule has 2 rings (SSSR count). The highest BCUT2D eigenvalue weighted by Gasteiger charge is 2.45. The SMILES string of the molecule is CC(C)C(C(=O)c1ccccc1)(c1ccccc1)C(C)C. The molecule has 0 amide bonds. The highest BCUT2D eigenvalue weighted by atomic mass is 16.1. The average Bonchev–Trinajstić information content (AvgIpc) is 2.49. The van der Waals surface area contributed by atoms with Crippen molar-refractivity contribution in [2.24, 2.45) is 11.8 Å². The molecule has 0 aliphatic carbocycles. The minimum atomic E-state index is -0.484. The number of Topliss-reactive ketones (excluding diaryl/α,β-unsaturated/α-hetero) is 1. The van der Waals surface area contributed by atoms with Gasteiger partial charge in [-0.1, -0.05) is 88.4 Å². The number of ketones is 1. The molecule has 0 unspecified atom stereocenters. The lowest BCUT2D eigenvalue weighted by Gasteiger charge is -2.40. The molecule has 1 nitrogen and oxygen atoms in total. The average molecular weight is 280 g/mol. The van der Waals surface area contributed by atoms with Gasteiger partial charge in [0.1, 0.15) is 0 Å². The van der Waals surface area contributed by atoms with E-state index in [-0.39, 0.29) is 17.6 Å². The fraction of sp³-hybridized carbons (Fsp3) is 0.350. The quantitative estimate of drug-likeness (QED) is 0.695. The highest BCUT2D eigenvalue weighted by Crippen LogP contribution is 2.42. The Morgan fingerprint density at radius 3 is 1.62 bits per heavy atom. The third kappa shape index (κ3) is 2.65. The number of carbonyl (C=O) groups excluding carboxylic acids is 1. The van der Waals surface area contributed by atoms with E-state index >= 15 is 0 Å². The molecule has 0 radical (unpaired) electrons. The van der Waals surface area contributed by atoms with Crippen molar-refractivity contribution in [1.29, 1.82) is 0 Å². The van der Waals surface area contributed by atoms with Crippen molar-refractivity contribution in [2.75, 3.05) is 0 Å². The van der Waals surface area contributed by atoms with Crippen molar-refractivity contribution in [3.05, 3.63) is 71.8 Å². The summed E-state index contributed by atoms with van der Waals surface area (Å²) in [5.41, 5.74) is 1.43. The van der Waals surface area contributed by atoms with Crippen molar-refractivity contribution in [3.63, 3.8) is 0 Å². The lowest BCUT2D eigenvalue weighted by atomic mass is 9.61. The van der Waals surface area contributed by atoms with Gasteiger partial charge in [0.05, 0.1) is 5.41 Å². The minimum absolute atomic E-state index is 0.222. The molecule has 21 heavy (non-hydrogen) atoms. The maximum atomic E-state index is 13.4. The van der Waals surface area contributed by atoms with Crippen LogP contribution < -0.4 is 0 Å². The third-order valence-electron chi connectivity index (χ3n) is 4.48. The Balaban J connectivity index is 2.64. The maximum absolute atomic E-state index is 13.4. The molecule has 2 aromatic carbocycles. The van der Waals surface area contributed by atoms with E-state index in [2.05, 4.69) is 39.8 Å². The van der Waals surface area contributed by atoms with Gasteiger partial charge in [-0.3, -0.25) is 4.79 Å². The van der Waals surface area contributed by atoms with Gasteiger partial charge < -0.3 is 0 Å². The first-order valence-corrected chi connectivity index (χ1v) is 7.66. The predicted molar refractivity (Wildman–Crippen MR) is 88.6 cm³/mol. The van der Waals surface area contributed by atoms with Crippen molar-refractivity contribution in [2.45, 2.75) is 33.1 Å². The Labute approximate surface area is 128 Å². The number of hydrogen-bond donors (Lipinski definition) is 0. The Morgan fingerprint density at radius 1 is 0.762 bits per heavy atom. The van der Waals surface area contributed by atoms with Crippen LogP contribution in [-0.4, -0.2) is 5.78 Å². The van der Waals surface area contributed by atoms with E-state index in [0.29, 0.717) is 0 Å². The minimum Gasteiger partial charge on any atom is -0.293 e. The fourth-order valence-corrected chi connectivity index (χ4v) is 3.53. The summed E-state index contributed by atoms with van der Waals surface area (Å²) in [6, 6.07) is 19.9. The summed E-state index contributed by atoms with van der Waals surface area (Å²) in [7, 11) is 0. The van der Waals surface area contributed by atoms with E-state index in [1.54, 1.807) is 0 Å². The van der Waals surface area contributed by atoms with Gasteiger partial charge in [-0.05, 0) is 17.4 Å². The summed E-state index contributed by atoms with van der Waals surface area (Å²) >= 11 is 0. The van der Waals surface area contributed by atoms with Gasteiger partial charge in [-0.2, -0.15) is 0 Å². The Hall–Kier alpha value is -1.89. The molecule has 0 aromatic heterocycles. The van der Waals surface area contributed by atoms with Crippen LogP contribution in [0.25, 0.3) is 0 Å². The number of carbonyl (C=O) groups is 1. The normalized spacial score (nSPS) is 11.9. The summed E-state index contributed by atoms with van der Waals surface area (Å²) in [6.07, 6.45) is 0. The molecule has 0 saturated carbocycles. The zero-order valence-electron chi connectivity index (χ0n) is 13.3. The number of hydrogen-bond acceptors (Lipinski definition) is 1. The zero-order chi connectivity index (χ0) is 15.5. The lowest BCUT2D eigenvalue weighted by Crippen LogP contribution is -2.45.